The van der Waals surface area contributed by atoms with Gasteiger partial charge in [0.15, 0.2) is 0 Å². The van der Waals surface area contributed by atoms with Gasteiger partial charge in [0.2, 0.25) is 5.91 Å². The smallest absolute Gasteiger partial charge is 0.241 e. The molecule has 0 unspecified atom stereocenters. The van der Waals surface area contributed by atoms with E-state index < -0.39 is 0 Å². The molecule has 2 fully saturated rings. The van der Waals surface area contributed by atoms with E-state index >= 15 is 0 Å². The number of hydrogen-bond donors (Lipinski definition) is 1. The molecule has 154 valence electrons. The molecule has 3 heterocycles. The van der Waals surface area contributed by atoms with E-state index in [1.807, 2.05) is 30.1 Å². The minimum absolute atomic E-state index is 0.121. The molecule has 1 N–H and O–H groups in total. The second-order valence-electron chi connectivity index (χ2n) is 7.60. The fraction of sp³-hybridized carbons (Fsp3) is 0.476. The number of carbonyl (C=O) groups excluding carboxylic acids is 1. The maximum Gasteiger partial charge on any atom is 0.241 e. The Morgan fingerprint density at radius 1 is 1.03 bits per heavy atom. The lowest BCUT2D eigenvalue weighted by atomic mass is 10.0. The van der Waals surface area contributed by atoms with Gasteiger partial charge in [-0.05, 0) is 37.1 Å². The molecule has 8 nitrogen and oxygen atoms in total. The number of likely N-dealkylation sites (N-methyl/N-ethyl adjacent to an activating group) is 1. The number of rotatable bonds is 5. The largest absolute Gasteiger partial charge is 0.497 e. The molecule has 8 heteroatoms. The van der Waals surface area contributed by atoms with E-state index in [2.05, 4.69) is 32.3 Å². The van der Waals surface area contributed by atoms with Crippen LogP contribution in [0.4, 0.5) is 17.3 Å². The van der Waals surface area contributed by atoms with Gasteiger partial charge in [-0.3, -0.25) is 4.79 Å². The molecular formula is C21H28N6O2. The molecule has 2 saturated heterocycles. The normalized spacial score (nSPS) is 18.1. The van der Waals surface area contributed by atoms with Crippen LogP contribution in [0.25, 0.3) is 0 Å². The average molecular weight is 396 g/mol. The van der Waals surface area contributed by atoms with E-state index in [-0.39, 0.29) is 5.91 Å². The number of hydrogen-bond acceptors (Lipinski definition) is 7. The van der Waals surface area contributed by atoms with Gasteiger partial charge in [-0.25, -0.2) is 9.97 Å². The third-order valence-corrected chi connectivity index (χ3v) is 5.72. The Bertz CT molecular complexity index is 835. The lowest BCUT2D eigenvalue weighted by molar-refractivity contribution is -0.129. The summed E-state index contributed by atoms with van der Waals surface area (Å²) in [5, 5.41) is 3.55. The summed E-state index contributed by atoms with van der Waals surface area (Å²) in [6.45, 7) is 3.87. The summed E-state index contributed by atoms with van der Waals surface area (Å²) < 4.78 is 5.24. The number of aromatic nitrogens is 2. The van der Waals surface area contributed by atoms with Gasteiger partial charge in [0, 0.05) is 51.0 Å². The van der Waals surface area contributed by atoms with Gasteiger partial charge in [-0.2, -0.15) is 0 Å². The molecule has 2 aromatic rings. The number of amides is 1. The average Bonchev–Trinajstić information content (AvgIpc) is 2.76. The van der Waals surface area contributed by atoms with E-state index in [1.165, 1.54) is 5.69 Å². The molecule has 29 heavy (non-hydrogen) atoms. The van der Waals surface area contributed by atoms with E-state index in [0.29, 0.717) is 12.6 Å². The minimum atomic E-state index is 0.121. The minimum Gasteiger partial charge on any atom is -0.497 e. The van der Waals surface area contributed by atoms with E-state index in [4.69, 9.17) is 4.74 Å². The van der Waals surface area contributed by atoms with Crippen molar-refractivity contribution in [1.29, 1.82) is 0 Å². The Kier molecular flexibility index (Phi) is 5.69. The molecule has 1 aromatic heterocycles. The molecule has 2 aliphatic heterocycles. The number of piperazine rings is 1. The van der Waals surface area contributed by atoms with Gasteiger partial charge in [-0.15, -0.1) is 0 Å². The van der Waals surface area contributed by atoms with E-state index in [9.17, 15) is 4.79 Å². The summed E-state index contributed by atoms with van der Waals surface area (Å²) in [7, 11) is 3.53. The monoisotopic (exact) mass is 396 g/mol. The van der Waals surface area contributed by atoms with Gasteiger partial charge in [0.05, 0.1) is 13.7 Å². The zero-order valence-electron chi connectivity index (χ0n) is 17.0. The van der Waals surface area contributed by atoms with Crippen LogP contribution in [-0.2, 0) is 4.79 Å². The number of piperidine rings is 1. The Balaban J connectivity index is 1.33. The van der Waals surface area contributed by atoms with Crippen LogP contribution in [0.2, 0.25) is 0 Å². The highest BCUT2D eigenvalue weighted by Crippen LogP contribution is 2.24. The van der Waals surface area contributed by atoms with Crippen molar-refractivity contribution in [3.8, 4) is 5.75 Å². The SMILES string of the molecule is COc1ccc(N2CCC(Nc3cc(N4CCN(C)C(=O)C4)ncn3)CC2)cc1. The zero-order valence-corrected chi connectivity index (χ0v) is 17.0. The van der Waals surface area contributed by atoms with Crippen LogP contribution >= 0.6 is 0 Å². The van der Waals surface area contributed by atoms with E-state index in [0.717, 1.165) is 56.4 Å². The van der Waals surface area contributed by atoms with E-state index in [1.54, 1.807) is 18.3 Å². The standard InChI is InChI=1S/C21H28N6O2/c1-25-11-12-27(14-21(25)28)20-13-19(22-15-23-20)24-16-7-9-26(10-8-16)17-3-5-18(29-2)6-4-17/h3-6,13,15-16H,7-12,14H2,1-2H3,(H,22,23,24). The third kappa shape index (κ3) is 4.52. The summed E-state index contributed by atoms with van der Waals surface area (Å²) in [5.41, 5.74) is 1.23. The lowest BCUT2D eigenvalue weighted by Crippen LogP contribution is -2.48. The molecule has 0 bridgehead atoms. The summed E-state index contributed by atoms with van der Waals surface area (Å²) in [6, 6.07) is 10.6. The predicted molar refractivity (Wildman–Crippen MR) is 114 cm³/mol. The molecule has 0 saturated carbocycles. The Hall–Kier alpha value is -3.03. The molecule has 1 aromatic carbocycles. The van der Waals surface area contributed by atoms with Crippen LogP contribution in [0.15, 0.2) is 36.7 Å². The quantitative estimate of drug-likeness (QED) is 0.827. The number of methoxy groups -OCH3 is 1. The highest BCUT2D eigenvalue weighted by Gasteiger charge is 2.23. The number of carbonyl (C=O) groups is 1. The fourth-order valence-corrected chi connectivity index (χ4v) is 3.84. The summed E-state index contributed by atoms with van der Waals surface area (Å²) in [4.78, 5) is 26.9. The number of nitrogens with one attached hydrogen (secondary N) is 1. The van der Waals surface area contributed by atoms with Gasteiger partial charge < -0.3 is 24.8 Å². The summed E-state index contributed by atoms with van der Waals surface area (Å²) >= 11 is 0. The number of ether oxygens (including phenoxy) is 1. The first-order valence-corrected chi connectivity index (χ1v) is 10.1. The number of benzene rings is 1. The second kappa shape index (κ2) is 8.55. The van der Waals surface area contributed by atoms with Crippen LogP contribution in [0.3, 0.4) is 0 Å². The van der Waals surface area contributed by atoms with Crippen molar-refractivity contribution in [3.63, 3.8) is 0 Å². The van der Waals surface area contributed by atoms with Crippen molar-refractivity contribution in [2.24, 2.45) is 0 Å². The molecular weight excluding hydrogens is 368 g/mol. The van der Waals surface area contributed by atoms with Crippen molar-refractivity contribution < 1.29 is 9.53 Å². The predicted octanol–water partition coefficient (Wildman–Crippen LogP) is 1.84. The maximum absolute atomic E-state index is 12.0. The first-order chi connectivity index (χ1) is 14.1. The molecule has 4 rings (SSSR count). The van der Waals surface area contributed by atoms with Crippen molar-refractivity contribution >= 4 is 23.2 Å². The number of anilines is 3. The molecule has 0 radical (unpaired) electrons. The van der Waals surface area contributed by atoms with Crippen molar-refractivity contribution in [2.75, 3.05) is 62.0 Å². The first kappa shape index (κ1) is 19.3. The van der Waals surface area contributed by atoms with Gasteiger partial charge in [0.25, 0.3) is 0 Å². The van der Waals surface area contributed by atoms with Gasteiger partial charge in [-0.1, -0.05) is 0 Å². The molecule has 1 amide bonds. The lowest BCUT2D eigenvalue weighted by Gasteiger charge is -2.34. The van der Waals surface area contributed by atoms with Crippen LogP contribution in [0.5, 0.6) is 5.75 Å². The van der Waals surface area contributed by atoms with Gasteiger partial charge in [0.1, 0.15) is 23.7 Å². The van der Waals surface area contributed by atoms with Crippen LogP contribution in [-0.4, -0.2) is 73.7 Å². The summed E-state index contributed by atoms with van der Waals surface area (Å²) in [6.07, 6.45) is 3.66. The van der Waals surface area contributed by atoms with Crippen LogP contribution < -0.4 is 19.9 Å². The fourth-order valence-electron chi connectivity index (χ4n) is 3.84. The maximum atomic E-state index is 12.0. The third-order valence-electron chi connectivity index (χ3n) is 5.72. The topological polar surface area (TPSA) is 73.8 Å². The Labute approximate surface area is 171 Å². The molecule has 0 atom stereocenters. The molecule has 2 aliphatic rings. The zero-order chi connectivity index (χ0) is 20.2. The Morgan fingerprint density at radius 3 is 2.48 bits per heavy atom. The number of nitrogens with zero attached hydrogens (tertiary/aromatic N) is 5. The highest BCUT2D eigenvalue weighted by molar-refractivity contribution is 5.82. The van der Waals surface area contributed by atoms with Crippen LogP contribution in [0.1, 0.15) is 12.8 Å². The molecule has 0 aliphatic carbocycles. The summed E-state index contributed by atoms with van der Waals surface area (Å²) in [5.74, 6) is 2.63. The second-order valence-corrected chi connectivity index (χ2v) is 7.60. The molecule has 0 spiro atoms. The van der Waals surface area contributed by atoms with Crippen molar-refractivity contribution in [1.82, 2.24) is 14.9 Å². The first-order valence-electron chi connectivity index (χ1n) is 10.1. The van der Waals surface area contributed by atoms with Crippen molar-refractivity contribution in [3.05, 3.63) is 36.7 Å². The van der Waals surface area contributed by atoms with Crippen molar-refractivity contribution in [2.45, 2.75) is 18.9 Å². The van der Waals surface area contributed by atoms with Gasteiger partial charge >= 0.3 is 0 Å². The Morgan fingerprint density at radius 2 is 1.79 bits per heavy atom. The highest BCUT2D eigenvalue weighted by atomic mass is 16.5. The van der Waals surface area contributed by atoms with Crippen LogP contribution in [0, 0.1) is 0 Å².